The smallest absolute Gasteiger partial charge is 0.412 e. The minimum absolute atomic E-state index is 0.154. The predicted octanol–water partition coefficient (Wildman–Crippen LogP) is 5.77. The van der Waals surface area contributed by atoms with Crippen LogP contribution < -0.4 is 5.32 Å². The molecule has 1 heterocycles. The summed E-state index contributed by atoms with van der Waals surface area (Å²) in [6, 6.07) is 20.9. The van der Waals surface area contributed by atoms with Gasteiger partial charge in [-0.3, -0.25) is 10.1 Å². The summed E-state index contributed by atoms with van der Waals surface area (Å²) in [5, 5.41) is 18.0. The van der Waals surface area contributed by atoms with Gasteiger partial charge >= 0.3 is 12.1 Å². The molecule has 0 aliphatic heterocycles. The average Bonchev–Trinajstić information content (AvgIpc) is 3.59. The van der Waals surface area contributed by atoms with Gasteiger partial charge in [0.05, 0.1) is 0 Å². The highest BCUT2D eigenvalue weighted by molar-refractivity contribution is 5.94. The first kappa shape index (κ1) is 22.2. The second-order valence-electron chi connectivity index (χ2n) is 8.57. The monoisotopic (exact) mass is 466 g/mol. The molecule has 5 rings (SSSR count). The summed E-state index contributed by atoms with van der Waals surface area (Å²) in [7, 11) is 0. The number of hydrogen-bond donors (Lipinski definition) is 2. The van der Waals surface area contributed by atoms with Crippen LogP contribution in [0.25, 0.3) is 22.1 Å². The molecule has 4 aromatic rings. The number of aliphatic carboxylic acids is 1. The highest BCUT2D eigenvalue weighted by atomic mass is 16.5. The van der Waals surface area contributed by atoms with Crippen molar-refractivity contribution >= 4 is 28.5 Å². The van der Waals surface area contributed by atoms with Gasteiger partial charge in [-0.25, -0.2) is 4.79 Å². The zero-order valence-corrected chi connectivity index (χ0v) is 19.0. The summed E-state index contributed by atoms with van der Waals surface area (Å²) in [5.74, 6) is 5.49. The van der Waals surface area contributed by atoms with E-state index in [2.05, 4.69) is 22.3 Å². The Balaban J connectivity index is 1.34. The Morgan fingerprint density at radius 3 is 2.57 bits per heavy atom. The quantitative estimate of drug-likeness (QED) is 0.362. The van der Waals surface area contributed by atoms with Gasteiger partial charge in [0, 0.05) is 11.1 Å². The summed E-state index contributed by atoms with van der Waals surface area (Å²) >= 11 is 0. The highest BCUT2D eigenvalue weighted by Crippen LogP contribution is 2.45. The zero-order valence-electron chi connectivity index (χ0n) is 19.0. The van der Waals surface area contributed by atoms with Crippen LogP contribution in [0.4, 0.5) is 10.5 Å². The fraction of sp³-hybridized carbons (Fsp3) is 0.179. The lowest BCUT2D eigenvalue weighted by Gasteiger charge is -2.08. The van der Waals surface area contributed by atoms with Crippen LogP contribution in [0.3, 0.4) is 0 Å². The van der Waals surface area contributed by atoms with E-state index >= 15 is 0 Å². The number of carbonyl (C=O) groups excluding carboxylic acids is 1. The maximum absolute atomic E-state index is 12.4. The van der Waals surface area contributed by atoms with Crippen molar-refractivity contribution < 1.29 is 24.0 Å². The second kappa shape index (κ2) is 8.99. The largest absolute Gasteiger partial charge is 0.480 e. The van der Waals surface area contributed by atoms with E-state index in [0.717, 1.165) is 27.5 Å². The number of carboxylic acids is 1. The molecule has 1 aliphatic rings. The number of benzene rings is 3. The van der Waals surface area contributed by atoms with Crippen molar-refractivity contribution in [2.45, 2.75) is 26.4 Å². The number of carboxylic acid groups (broad SMARTS) is 1. The number of nitrogens with zero attached hydrogens (tertiary/aromatic N) is 1. The van der Waals surface area contributed by atoms with E-state index in [1.165, 1.54) is 0 Å². The molecular weight excluding hydrogens is 444 g/mol. The minimum atomic E-state index is -0.880. The Morgan fingerprint density at radius 1 is 1.09 bits per heavy atom. The van der Waals surface area contributed by atoms with Gasteiger partial charge in [-0.1, -0.05) is 65.5 Å². The van der Waals surface area contributed by atoms with Crippen molar-refractivity contribution in [2.24, 2.45) is 5.41 Å². The molecule has 0 saturated heterocycles. The van der Waals surface area contributed by atoms with Gasteiger partial charge in [0.15, 0.2) is 5.76 Å². The van der Waals surface area contributed by atoms with Crippen LogP contribution in [0, 0.1) is 24.2 Å². The molecule has 35 heavy (non-hydrogen) atoms. The number of aryl methyl sites for hydroxylation is 1. The van der Waals surface area contributed by atoms with E-state index in [4.69, 9.17) is 9.26 Å². The molecule has 0 unspecified atom stereocenters. The van der Waals surface area contributed by atoms with Crippen molar-refractivity contribution in [2.75, 3.05) is 5.32 Å². The molecule has 0 spiro atoms. The Kier molecular flexibility index (Phi) is 5.71. The molecule has 2 N–H and O–H groups in total. The third-order valence-corrected chi connectivity index (χ3v) is 6.01. The molecule has 1 saturated carbocycles. The molecule has 0 atom stereocenters. The molecule has 1 aliphatic carbocycles. The fourth-order valence-electron chi connectivity index (χ4n) is 3.75. The first-order valence-electron chi connectivity index (χ1n) is 11.2. The van der Waals surface area contributed by atoms with Crippen molar-refractivity contribution in [3.05, 3.63) is 83.6 Å². The van der Waals surface area contributed by atoms with Gasteiger partial charge in [-0.2, -0.15) is 0 Å². The lowest BCUT2D eigenvalue weighted by molar-refractivity contribution is -0.141. The van der Waals surface area contributed by atoms with Gasteiger partial charge in [-0.05, 0) is 54.3 Å². The Labute approximate surface area is 201 Å². The van der Waals surface area contributed by atoms with Crippen molar-refractivity contribution in [1.82, 2.24) is 5.16 Å². The lowest BCUT2D eigenvalue weighted by Crippen LogP contribution is -2.14. The number of carbonyl (C=O) groups is 2. The third-order valence-electron chi connectivity index (χ3n) is 6.01. The molecule has 1 amide bonds. The summed E-state index contributed by atoms with van der Waals surface area (Å²) in [6.07, 6.45) is 0.596. The molecular formula is C28H22N2O5. The Morgan fingerprint density at radius 2 is 1.83 bits per heavy atom. The topological polar surface area (TPSA) is 102 Å². The number of hydrogen-bond acceptors (Lipinski definition) is 5. The maximum atomic E-state index is 12.4. The second-order valence-corrected chi connectivity index (χ2v) is 8.57. The van der Waals surface area contributed by atoms with Gasteiger partial charge in [0.1, 0.15) is 23.4 Å². The van der Waals surface area contributed by atoms with Crippen LogP contribution in [0.1, 0.15) is 29.7 Å². The van der Waals surface area contributed by atoms with E-state index in [9.17, 15) is 14.7 Å². The van der Waals surface area contributed by atoms with E-state index in [0.29, 0.717) is 30.0 Å². The number of nitrogens with one attached hydrogen (secondary N) is 1. The van der Waals surface area contributed by atoms with Crippen LogP contribution in [-0.2, 0) is 16.1 Å². The molecule has 1 fully saturated rings. The summed E-state index contributed by atoms with van der Waals surface area (Å²) in [5.41, 5.74) is 2.51. The first-order chi connectivity index (χ1) is 16.9. The highest BCUT2D eigenvalue weighted by Gasteiger charge is 2.49. The summed E-state index contributed by atoms with van der Waals surface area (Å²) in [4.78, 5) is 23.7. The Hall–Kier alpha value is -4.57. The van der Waals surface area contributed by atoms with Crippen LogP contribution in [0.5, 0.6) is 0 Å². The molecule has 7 heteroatoms. The first-order valence-corrected chi connectivity index (χ1v) is 11.2. The number of ether oxygens (including phenoxy) is 1. The summed E-state index contributed by atoms with van der Waals surface area (Å²) in [6.45, 7) is 1.90. The number of aromatic nitrogens is 1. The standard InChI is InChI=1S/C28H22N2O5/c1-18-24(29-27(33)34-17-20-5-3-2-4-6-20)25(35-30-18)23-10-9-21-15-19(7-8-22(21)16-23)11-12-28(13-14-28)26(31)32/h2-10,15-16H,13-14,17H2,1H3,(H,29,33)(H,31,32). The van der Waals surface area contributed by atoms with Crippen molar-refractivity contribution in [3.8, 4) is 23.2 Å². The molecule has 0 bridgehead atoms. The maximum Gasteiger partial charge on any atom is 0.412 e. The average molecular weight is 466 g/mol. The van der Waals surface area contributed by atoms with E-state index in [-0.39, 0.29) is 6.61 Å². The SMILES string of the molecule is Cc1noc(-c2ccc3cc(C#CC4(C(=O)O)CC4)ccc3c2)c1NC(=O)OCc1ccccc1. The fourth-order valence-corrected chi connectivity index (χ4v) is 3.75. The van der Waals surface area contributed by atoms with E-state index in [1.807, 2.05) is 66.7 Å². The van der Waals surface area contributed by atoms with E-state index in [1.54, 1.807) is 6.92 Å². The van der Waals surface area contributed by atoms with Crippen LogP contribution in [-0.4, -0.2) is 22.3 Å². The number of anilines is 1. The van der Waals surface area contributed by atoms with Gasteiger partial charge in [-0.15, -0.1) is 0 Å². The number of amides is 1. The van der Waals surface area contributed by atoms with Crippen molar-refractivity contribution in [1.29, 1.82) is 0 Å². The van der Waals surface area contributed by atoms with Crippen LogP contribution in [0.2, 0.25) is 0 Å². The zero-order chi connectivity index (χ0) is 24.4. The molecule has 0 radical (unpaired) electrons. The van der Waals surface area contributed by atoms with Gasteiger partial charge in [0.2, 0.25) is 0 Å². The molecule has 3 aromatic carbocycles. The van der Waals surface area contributed by atoms with Gasteiger partial charge < -0.3 is 14.4 Å². The lowest BCUT2D eigenvalue weighted by atomic mass is 10.0. The third kappa shape index (κ3) is 4.73. The molecule has 1 aromatic heterocycles. The van der Waals surface area contributed by atoms with E-state index < -0.39 is 17.5 Å². The number of fused-ring (bicyclic) bond motifs is 1. The molecule has 174 valence electrons. The predicted molar refractivity (Wildman–Crippen MR) is 131 cm³/mol. The molecule has 7 nitrogen and oxygen atoms in total. The van der Waals surface area contributed by atoms with Gasteiger partial charge in [0.25, 0.3) is 0 Å². The van der Waals surface area contributed by atoms with Crippen LogP contribution in [0.15, 0.2) is 71.3 Å². The normalized spacial score (nSPS) is 13.5. The summed E-state index contributed by atoms with van der Waals surface area (Å²) < 4.78 is 10.9. The minimum Gasteiger partial charge on any atom is -0.480 e. The number of rotatable bonds is 5. The van der Waals surface area contributed by atoms with Crippen LogP contribution >= 0.6 is 0 Å². The Bertz CT molecular complexity index is 1490. The van der Waals surface area contributed by atoms with Crippen molar-refractivity contribution in [3.63, 3.8) is 0 Å².